The molecule has 4 aromatic rings. The van der Waals surface area contributed by atoms with Gasteiger partial charge in [0.15, 0.2) is 0 Å². The zero-order chi connectivity index (χ0) is 26.1. The van der Waals surface area contributed by atoms with Crippen LogP contribution in [0, 0.1) is 12.8 Å². The predicted molar refractivity (Wildman–Crippen MR) is 158 cm³/mol. The molecule has 1 atom stereocenters. The van der Waals surface area contributed by atoms with Crippen molar-refractivity contribution in [2.24, 2.45) is 5.92 Å². The van der Waals surface area contributed by atoms with Crippen molar-refractivity contribution in [2.75, 3.05) is 0 Å². The second kappa shape index (κ2) is 10.7. The third-order valence-electron chi connectivity index (χ3n) is 9.11. The van der Waals surface area contributed by atoms with Gasteiger partial charge in [0, 0.05) is 12.3 Å². The van der Waals surface area contributed by atoms with E-state index in [0.29, 0.717) is 12.2 Å². The average Bonchev–Trinajstić information content (AvgIpc) is 3.05. The number of hydrogen-bond donors (Lipinski definition) is 0. The lowest BCUT2D eigenvalue weighted by Gasteiger charge is -2.26. The third kappa shape index (κ3) is 5.12. The SMILES string of the molecule is Cc1ccccc1CC1C(=O)Cc2ccc(Cc3ccc(C4CCC(C)CC4)cc3)cc2-c2ccccc21. The van der Waals surface area contributed by atoms with E-state index in [1.807, 2.05) is 0 Å². The van der Waals surface area contributed by atoms with Gasteiger partial charge >= 0.3 is 0 Å². The molecule has 1 unspecified atom stereocenters. The highest BCUT2D eigenvalue weighted by Gasteiger charge is 2.29. The highest BCUT2D eigenvalue weighted by molar-refractivity contribution is 5.94. The summed E-state index contributed by atoms with van der Waals surface area (Å²) in [6, 6.07) is 33.2. The summed E-state index contributed by atoms with van der Waals surface area (Å²) in [4.78, 5) is 13.6. The van der Waals surface area contributed by atoms with Gasteiger partial charge in [-0.05, 0) is 94.5 Å². The van der Waals surface area contributed by atoms with Crippen molar-refractivity contribution >= 4 is 5.78 Å². The molecule has 2 aliphatic carbocycles. The van der Waals surface area contributed by atoms with Crippen LogP contribution in [0.2, 0.25) is 0 Å². The number of carbonyl (C=O) groups excluding carboxylic acids is 1. The van der Waals surface area contributed by atoms with E-state index in [9.17, 15) is 4.79 Å². The molecule has 0 amide bonds. The van der Waals surface area contributed by atoms with E-state index in [4.69, 9.17) is 0 Å². The highest BCUT2D eigenvalue weighted by Crippen LogP contribution is 2.39. The summed E-state index contributed by atoms with van der Waals surface area (Å²) in [5, 5.41) is 0. The van der Waals surface area contributed by atoms with Crippen LogP contribution >= 0.6 is 0 Å². The van der Waals surface area contributed by atoms with Gasteiger partial charge < -0.3 is 0 Å². The second-order valence-electron chi connectivity index (χ2n) is 11.8. The van der Waals surface area contributed by atoms with Crippen LogP contribution in [0.25, 0.3) is 11.1 Å². The minimum Gasteiger partial charge on any atom is -0.299 e. The maximum atomic E-state index is 13.6. The number of fused-ring (bicyclic) bond motifs is 3. The summed E-state index contributed by atoms with van der Waals surface area (Å²) >= 11 is 0. The Morgan fingerprint density at radius 3 is 2.24 bits per heavy atom. The molecule has 0 aromatic heterocycles. The van der Waals surface area contributed by atoms with Crippen LogP contribution in [0.4, 0.5) is 0 Å². The van der Waals surface area contributed by atoms with E-state index in [0.717, 1.165) is 30.2 Å². The Bertz CT molecular complexity index is 1440. The van der Waals surface area contributed by atoms with E-state index in [1.165, 1.54) is 70.2 Å². The van der Waals surface area contributed by atoms with Gasteiger partial charge in [0.25, 0.3) is 0 Å². The Morgan fingerprint density at radius 1 is 0.737 bits per heavy atom. The van der Waals surface area contributed by atoms with Crippen LogP contribution < -0.4 is 0 Å². The summed E-state index contributed by atoms with van der Waals surface area (Å²) in [5.41, 5.74) is 11.5. The topological polar surface area (TPSA) is 17.1 Å². The first kappa shape index (κ1) is 24.9. The van der Waals surface area contributed by atoms with Gasteiger partial charge in [-0.15, -0.1) is 0 Å². The normalized spacial score (nSPS) is 20.9. The summed E-state index contributed by atoms with van der Waals surface area (Å²) in [6.45, 7) is 4.53. The Balaban J connectivity index is 1.27. The summed E-state index contributed by atoms with van der Waals surface area (Å²) < 4.78 is 0. The summed E-state index contributed by atoms with van der Waals surface area (Å²) in [5.74, 6) is 1.82. The Morgan fingerprint density at radius 2 is 1.45 bits per heavy atom. The van der Waals surface area contributed by atoms with Crippen LogP contribution in [0.1, 0.15) is 83.4 Å². The number of Topliss-reactive ketones (excluding diaryl/α,β-unsaturated/α-hetero) is 1. The molecule has 1 nitrogen and oxygen atoms in total. The van der Waals surface area contributed by atoms with E-state index >= 15 is 0 Å². The minimum atomic E-state index is -0.113. The van der Waals surface area contributed by atoms with Crippen LogP contribution in [-0.2, 0) is 24.1 Å². The van der Waals surface area contributed by atoms with Gasteiger partial charge in [-0.2, -0.15) is 0 Å². The molecular weight excluding hydrogens is 460 g/mol. The fourth-order valence-electron chi connectivity index (χ4n) is 6.69. The third-order valence-corrected chi connectivity index (χ3v) is 9.11. The van der Waals surface area contributed by atoms with E-state index in [-0.39, 0.29) is 5.92 Å². The van der Waals surface area contributed by atoms with Gasteiger partial charge in [-0.1, -0.05) is 111 Å². The van der Waals surface area contributed by atoms with Crippen molar-refractivity contribution in [3.63, 3.8) is 0 Å². The zero-order valence-corrected chi connectivity index (χ0v) is 22.8. The molecule has 2 aliphatic rings. The standard InChI is InChI=1S/C37H38O/c1-25-11-16-29(17-12-25)30-18-13-27(14-19-30)21-28-15-20-32-24-37(38)36(23-31-8-4-3-7-26(31)2)34-10-6-5-9-33(34)35(32)22-28/h3-10,13-15,18-20,22,25,29,36H,11-12,16-17,21,23-24H2,1-2H3. The molecule has 0 radical (unpaired) electrons. The van der Waals surface area contributed by atoms with Crippen LogP contribution in [0.3, 0.4) is 0 Å². The number of aryl methyl sites for hydroxylation is 1. The molecule has 4 aromatic carbocycles. The molecule has 0 spiro atoms. The lowest BCUT2D eigenvalue weighted by molar-refractivity contribution is -0.119. The van der Waals surface area contributed by atoms with Gasteiger partial charge in [0.05, 0.1) is 0 Å². The smallest absolute Gasteiger partial charge is 0.145 e. The molecule has 0 N–H and O–H groups in total. The van der Waals surface area contributed by atoms with Crippen molar-refractivity contribution in [1.29, 1.82) is 0 Å². The van der Waals surface area contributed by atoms with Gasteiger partial charge in [-0.25, -0.2) is 0 Å². The molecular formula is C37H38O. The fourth-order valence-corrected chi connectivity index (χ4v) is 6.69. The van der Waals surface area contributed by atoms with Crippen molar-refractivity contribution in [3.8, 4) is 11.1 Å². The monoisotopic (exact) mass is 498 g/mol. The molecule has 38 heavy (non-hydrogen) atoms. The molecule has 192 valence electrons. The molecule has 6 rings (SSSR count). The Kier molecular flexibility index (Phi) is 7.02. The van der Waals surface area contributed by atoms with E-state index in [1.54, 1.807) is 0 Å². The van der Waals surface area contributed by atoms with Crippen molar-refractivity contribution < 1.29 is 4.79 Å². The van der Waals surface area contributed by atoms with Crippen LogP contribution in [-0.4, -0.2) is 5.78 Å². The average molecular weight is 499 g/mol. The predicted octanol–water partition coefficient (Wildman–Crippen LogP) is 9.00. The molecule has 0 bridgehead atoms. The van der Waals surface area contributed by atoms with Crippen LogP contribution in [0.5, 0.6) is 0 Å². The van der Waals surface area contributed by atoms with Crippen molar-refractivity contribution in [2.45, 2.75) is 70.6 Å². The number of rotatable bonds is 5. The lowest BCUT2D eigenvalue weighted by atomic mass is 9.79. The van der Waals surface area contributed by atoms with Crippen molar-refractivity contribution in [1.82, 2.24) is 0 Å². The molecule has 0 saturated heterocycles. The quantitative estimate of drug-likeness (QED) is 0.268. The maximum absolute atomic E-state index is 13.6. The Hall–Kier alpha value is -3.45. The first-order valence-electron chi connectivity index (χ1n) is 14.4. The zero-order valence-electron chi connectivity index (χ0n) is 22.8. The first-order valence-corrected chi connectivity index (χ1v) is 14.4. The number of carbonyl (C=O) groups is 1. The summed E-state index contributed by atoms with van der Waals surface area (Å²) in [6.07, 6.45) is 7.54. The van der Waals surface area contributed by atoms with E-state index < -0.39 is 0 Å². The maximum Gasteiger partial charge on any atom is 0.145 e. The summed E-state index contributed by atoms with van der Waals surface area (Å²) in [7, 11) is 0. The number of hydrogen-bond acceptors (Lipinski definition) is 1. The highest BCUT2D eigenvalue weighted by atomic mass is 16.1. The van der Waals surface area contributed by atoms with Crippen molar-refractivity contribution in [3.05, 3.63) is 130 Å². The van der Waals surface area contributed by atoms with Gasteiger partial charge in [0.1, 0.15) is 5.78 Å². The van der Waals surface area contributed by atoms with Gasteiger partial charge in [0.2, 0.25) is 0 Å². The van der Waals surface area contributed by atoms with Crippen LogP contribution in [0.15, 0.2) is 91.0 Å². The Labute approximate surface area is 227 Å². The molecule has 1 saturated carbocycles. The first-order chi connectivity index (χ1) is 18.5. The lowest BCUT2D eigenvalue weighted by Crippen LogP contribution is -2.16. The molecule has 1 heteroatoms. The minimum absolute atomic E-state index is 0.113. The van der Waals surface area contributed by atoms with Gasteiger partial charge in [-0.3, -0.25) is 4.79 Å². The second-order valence-corrected chi connectivity index (χ2v) is 11.8. The van der Waals surface area contributed by atoms with E-state index in [2.05, 4.69) is 105 Å². The molecule has 0 aliphatic heterocycles. The largest absolute Gasteiger partial charge is 0.299 e. The molecule has 1 fully saturated rings. The fraction of sp³-hybridized carbons (Fsp3) is 0.324. The number of benzene rings is 4. The number of ketones is 1. The molecule has 0 heterocycles.